The van der Waals surface area contributed by atoms with E-state index in [0.717, 1.165) is 141 Å². The van der Waals surface area contributed by atoms with E-state index >= 15 is 0 Å². The summed E-state index contributed by atoms with van der Waals surface area (Å²) >= 11 is 0. The van der Waals surface area contributed by atoms with Crippen molar-refractivity contribution in [3.63, 3.8) is 0 Å². The summed E-state index contributed by atoms with van der Waals surface area (Å²) in [7, 11) is 0. The van der Waals surface area contributed by atoms with Crippen molar-refractivity contribution in [2.45, 2.75) is 213 Å². The number of hydrogen-bond acceptors (Lipinski definition) is 6. The first-order valence-corrected chi connectivity index (χ1v) is 26.2. The molecule has 0 aliphatic rings. The number of esters is 3. The van der Waals surface area contributed by atoms with Crippen LogP contribution in [-0.4, -0.2) is 37.2 Å². The van der Waals surface area contributed by atoms with Gasteiger partial charge in [-0.1, -0.05) is 212 Å². The fourth-order valence-corrected chi connectivity index (χ4v) is 6.63. The van der Waals surface area contributed by atoms with E-state index in [0.29, 0.717) is 19.3 Å². The normalized spacial score (nSPS) is 13.2. The Labute approximate surface area is 405 Å². The van der Waals surface area contributed by atoms with Crippen molar-refractivity contribution >= 4 is 17.9 Å². The first-order chi connectivity index (χ1) is 32.5. The number of carbonyl (C=O) groups excluding carboxylic acids is 3. The molecule has 0 aromatic carbocycles. The van der Waals surface area contributed by atoms with Crippen LogP contribution in [-0.2, 0) is 28.6 Å². The molecule has 0 bridgehead atoms. The summed E-state index contributed by atoms with van der Waals surface area (Å²) < 4.78 is 16.8. The Balaban J connectivity index is 4.50. The molecule has 0 saturated carbocycles. The number of ether oxygens (including phenoxy) is 3. The molecule has 0 rings (SSSR count). The van der Waals surface area contributed by atoms with Crippen molar-refractivity contribution in [1.29, 1.82) is 0 Å². The van der Waals surface area contributed by atoms with Crippen molar-refractivity contribution in [1.82, 2.24) is 0 Å². The Kier molecular flexibility index (Phi) is 49.6. The van der Waals surface area contributed by atoms with Crippen LogP contribution in [0, 0.1) is 0 Å². The van der Waals surface area contributed by atoms with E-state index in [1.165, 1.54) is 25.7 Å². The zero-order chi connectivity index (χ0) is 47.9. The van der Waals surface area contributed by atoms with Crippen LogP contribution in [0.4, 0.5) is 0 Å². The Morgan fingerprint density at radius 2 is 0.621 bits per heavy atom. The standard InChI is InChI=1S/C60H94O6/c1-4-7-10-13-16-19-22-25-27-29-30-31-33-35-38-41-44-47-50-53-59(62)65-56-57(55-64-58(61)52-49-46-43-40-37-34-24-21-18-15-12-9-6-3)66-60(63)54-51-48-45-42-39-36-32-28-26-23-20-17-14-11-8-5-2/h7-12,15-21,24-28,30-31,34,37,57H,4-6,13-14,22-23,29,32-33,35-36,38-56H2,1-3H3/b10-7+,11-8+,12-9+,18-15+,19-16+,20-17+,24-21+,27-25+,28-26+,31-30+,37-34+. The Bertz CT molecular complexity index is 1460. The maximum absolute atomic E-state index is 12.8. The molecule has 0 aromatic heterocycles. The minimum Gasteiger partial charge on any atom is -0.462 e. The van der Waals surface area contributed by atoms with E-state index in [1.807, 2.05) is 36.5 Å². The summed E-state index contributed by atoms with van der Waals surface area (Å²) in [4.78, 5) is 38.0. The van der Waals surface area contributed by atoms with Gasteiger partial charge in [0.2, 0.25) is 0 Å². The predicted octanol–water partition coefficient (Wildman–Crippen LogP) is 17.5. The van der Waals surface area contributed by atoms with Gasteiger partial charge in [-0.15, -0.1) is 0 Å². The second-order valence-electron chi connectivity index (χ2n) is 16.7. The molecule has 0 aromatic rings. The van der Waals surface area contributed by atoms with Gasteiger partial charge in [0.25, 0.3) is 0 Å². The number of carbonyl (C=O) groups is 3. The smallest absolute Gasteiger partial charge is 0.306 e. The molecule has 0 N–H and O–H groups in total. The van der Waals surface area contributed by atoms with E-state index < -0.39 is 6.10 Å². The lowest BCUT2D eigenvalue weighted by Crippen LogP contribution is -2.30. The van der Waals surface area contributed by atoms with Gasteiger partial charge in [0.1, 0.15) is 13.2 Å². The average Bonchev–Trinajstić information content (AvgIpc) is 3.31. The lowest BCUT2D eigenvalue weighted by molar-refractivity contribution is -0.167. The minimum absolute atomic E-state index is 0.109. The van der Waals surface area contributed by atoms with E-state index in [1.54, 1.807) is 0 Å². The monoisotopic (exact) mass is 911 g/mol. The molecule has 0 spiro atoms. The number of rotatable bonds is 45. The van der Waals surface area contributed by atoms with Crippen molar-refractivity contribution in [3.05, 3.63) is 134 Å². The maximum atomic E-state index is 12.8. The Morgan fingerprint density at radius 1 is 0.318 bits per heavy atom. The zero-order valence-electron chi connectivity index (χ0n) is 42.1. The molecule has 0 aliphatic carbocycles. The van der Waals surface area contributed by atoms with Crippen molar-refractivity contribution in [3.8, 4) is 0 Å². The molecule has 0 radical (unpaired) electrons. The number of allylic oxidation sites excluding steroid dienone is 22. The van der Waals surface area contributed by atoms with Crippen LogP contribution in [0.25, 0.3) is 0 Å². The molecule has 0 amide bonds. The second-order valence-corrected chi connectivity index (χ2v) is 16.7. The lowest BCUT2D eigenvalue weighted by Gasteiger charge is -2.18. The highest BCUT2D eigenvalue weighted by atomic mass is 16.6. The molecule has 1 unspecified atom stereocenters. The van der Waals surface area contributed by atoms with Gasteiger partial charge < -0.3 is 14.2 Å². The van der Waals surface area contributed by atoms with Crippen LogP contribution in [0.1, 0.15) is 207 Å². The second kappa shape index (κ2) is 53.2. The van der Waals surface area contributed by atoms with Gasteiger partial charge in [0, 0.05) is 19.3 Å². The summed E-state index contributed by atoms with van der Waals surface area (Å²) in [6.45, 7) is 6.20. The van der Waals surface area contributed by atoms with Gasteiger partial charge >= 0.3 is 17.9 Å². The van der Waals surface area contributed by atoms with Crippen LogP contribution in [0.3, 0.4) is 0 Å². The number of hydrogen-bond donors (Lipinski definition) is 0. The molecular formula is C60H94O6. The SMILES string of the molecule is CC/C=C/C=C/C=C/C=C/CCCCCC(=O)OCC(COC(=O)CCCCCCCC/C=C/C/C=C/C/C=C/C/C=C/CC)OC(=O)CCCCCCCC/C=C/C/C=C/C/C=C/CC. The third-order valence-electron chi connectivity index (χ3n) is 10.5. The van der Waals surface area contributed by atoms with Crippen molar-refractivity contribution in [2.75, 3.05) is 13.2 Å². The Hall–Kier alpha value is -4.45. The molecule has 6 heteroatoms. The van der Waals surface area contributed by atoms with Gasteiger partial charge in [0.05, 0.1) is 0 Å². The van der Waals surface area contributed by atoms with Crippen molar-refractivity contribution in [2.24, 2.45) is 0 Å². The largest absolute Gasteiger partial charge is 0.462 e. The summed E-state index contributed by atoms with van der Waals surface area (Å²) in [5, 5.41) is 0. The zero-order valence-corrected chi connectivity index (χ0v) is 42.1. The molecule has 1 atom stereocenters. The van der Waals surface area contributed by atoms with E-state index in [4.69, 9.17) is 14.2 Å². The molecule has 0 heterocycles. The van der Waals surface area contributed by atoms with Gasteiger partial charge in [0.15, 0.2) is 6.10 Å². The summed E-state index contributed by atoms with van der Waals surface area (Å²) in [6.07, 6.45) is 74.3. The molecule has 0 fully saturated rings. The van der Waals surface area contributed by atoms with Crippen molar-refractivity contribution < 1.29 is 28.6 Å². The highest BCUT2D eigenvalue weighted by Crippen LogP contribution is 2.13. The van der Waals surface area contributed by atoms with Gasteiger partial charge in [-0.25, -0.2) is 0 Å². The molecule has 66 heavy (non-hydrogen) atoms. The molecular weight excluding hydrogens is 817 g/mol. The van der Waals surface area contributed by atoms with Gasteiger partial charge in [-0.05, 0) is 109 Å². The third-order valence-corrected chi connectivity index (χ3v) is 10.5. The fourth-order valence-electron chi connectivity index (χ4n) is 6.63. The first kappa shape index (κ1) is 61.5. The van der Waals surface area contributed by atoms with Gasteiger partial charge in [-0.3, -0.25) is 14.4 Å². The summed E-state index contributed by atoms with van der Waals surface area (Å²) in [5.41, 5.74) is 0. The first-order valence-electron chi connectivity index (χ1n) is 26.2. The van der Waals surface area contributed by atoms with E-state index in [9.17, 15) is 14.4 Å². The molecule has 6 nitrogen and oxygen atoms in total. The average molecular weight is 911 g/mol. The topological polar surface area (TPSA) is 78.9 Å². The summed E-state index contributed by atoms with van der Waals surface area (Å²) in [5.74, 6) is -0.984. The van der Waals surface area contributed by atoms with Crippen LogP contribution in [0.5, 0.6) is 0 Å². The third kappa shape index (κ3) is 50.5. The predicted molar refractivity (Wildman–Crippen MR) is 283 cm³/mol. The van der Waals surface area contributed by atoms with Crippen LogP contribution in [0.2, 0.25) is 0 Å². The van der Waals surface area contributed by atoms with E-state index in [-0.39, 0.29) is 31.1 Å². The molecule has 0 aliphatic heterocycles. The van der Waals surface area contributed by atoms with Crippen LogP contribution >= 0.6 is 0 Å². The quantitative estimate of drug-likeness (QED) is 0.0199. The maximum Gasteiger partial charge on any atom is 0.306 e. The fraction of sp³-hybridized carbons (Fsp3) is 0.583. The highest BCUT2D eigenvalue weighted by Gasteiger charge is 2.19. The molecule has 0 saturated heterocycles. The minimum atomic E-state index is -0.812. The van der Waals surface area contributed by atoms with Crippen LogP contribution in [0.15, 0.2) is 134 Å². The highest BCUT2D eigenvalue weighted by molar-refractivity contribution is 5.71. The lowest BCUT2D eigenvalue weighted by atomic mass is 10.1. The number of unbranched alkanes of at least 4 members (excludes halogenated alkanes) is 15. The van der Waals surface area contributed by atoms with Gasteiger partial charge in [-0.2, -0.15) is 0 Å². The van der Waals surface area contributed by atoms with E-state index in [2.05, 4.69) is 118 Å². The Morgan fingerprint density at radius 3 is 1.05 bits per heavy atom. The molecule has 370 valence electrons. The van der Waals surface area contributed by atoms with Crippen LogP contribution < -0.4 is 0 Å². The summed E-state index contributed by atoms with van der Waals surface area (Å²) in [6, 6.07) is 0.